The molecule has 0 atom stereocenters. The quantitative estimate of drug-likeness (QED) is 0.490. The first kappa shape index (κ1) is 13.1. The fraction of sp³-hybridized carbons (Fsp3) is 0.0833. The third-order valence-corrected chi connectivity index (χ3v) is 3.54. The van der Waals surface area contributed by atoms with Gasteiger partial charge in [0.2, 0.25) is 0 Å². The number of hydrogen-bond acceptors (Lipinski definition) is 2. The summed E-state index contributed by atoms with van der Waals surface area (Å²) in [5.41, 5.74) is -0.0440. The van der Waals surface area contributed by atoms with Crippen LogP contribution in [0.3, 0.4) is 0 Å². The molecule has 0 aliphatic rings. The molecule has 94 valence electrons. The van der Waals surface area contributed by atoms with Gasteiger partial charge in [0.1, 0.15) is 16.7 Å². The zero-order valence-electron chi connectivity index (χ0n) is 9.07. The van der Waals surface area contributed by atoms with Crippen LogP contribution in [0.5, 0.6) is 0 Å². The number of hydrogen-bond donors (Lipinski definition) is 0. The molecule has 0 saturated heterocycles. The van der Waals surface area contributed by atoms with Gasteiger partial charge in [-0.15, -0.1) is 0 Å². The maximum Gasteiger partial charge on any atom is 0.251 e. The molecule has 0 fully saturated rings. The summed E-state index contributed by atoms with van der Waals surface area (Å²) in [7, 11) is 0. The minimum absolute atomic E-state index is 0.0440. The third kappa shape index (κ3) is 2.91. The van der Waals surface area contributed by atoms with Gasteiger partial charge in [0.25, 0.3) is 5.03 Å². The van der Waals surface area contributed by atoms with Gasteiger partial charge >= 0.3 is 0 Å². The zero-order chi connectivity index (χ0) is 13.1. The average Bonchev–Trinajstić information content (AvgIpc) is 2.31. The van der Waals surface area contributed by atoms with Crippen molar-refractivity contribution in [3.05, 3.63) is 64.0 Å². The molecule has 1 aromatic heterocycles. The van der Waals surface area contributed by atoms with Crippen molar-refractivity contribution in [3.63, 3.8) is 0 Å². The van der Waals surface area contributed by atoms with Crippen LogP contribution < -0.4 is 4.73 Å². The molecule has 2 aromatic rings. The van der Waals surface area contributed by atoms with E-state index < -0.39 is 11.6 Å². The van der Waals surface area contributed by atoms with E-state index in [0.29, 0.717) is 14.8 Å². The molecular weight excluding hydrogens is 280 g/mol. The van der Waals surface area contributed by atoms with E-state index in [9.17, 15) is 14.0 Å². The Morgan fingerprint density at radius 2 is 1.83 bits per heavy atom. The van der Waals surface area contributed by atoms with E-state index in [4.69, 9.17) is 11.6 Å². The standard InChI is InChI=1S/C12H8ClF2NOS/c13-8-4-5-12(16(17)6-8)18-7-9-10(14)2-1-3-11(9)15/h1-6H,7H2. The highest BCUT2D eigenvalue weighted by atomic mass is 35.5. The molecule has 0 aliphatic carbocycles. The molecule has 2 nitrogen and oxygen atoms in total. The van der Waals surface area contributed by atoms with Gasteiger partial charge in [-0.1, -0.05) is 29.4 Å². The number of aromatic nitrogens is 1. The van der Waals surface area contributed by atoms with E-state index in [-0.39, 0.29) is 11.3 Å². The Balaban J connectivity index is 2.16. The predicted molar refractivity (Wildman–Crippen MR) is 66.3 cm³/mol. The number of halogens is 3. The summed E-state index contributed by atoms with van der Waals surface area (Å²) in [5.74, 6) is -1.19. The van der Waals surface area contributed by atoms with E-state index in [1.54, 1.807) is 6.07 Å². The Labute approximate surface area is 112 Å². The minimum Gasteiger partial charge on any atom is -0.618 e. The fourth-order valence-corrected chi connectivity index (χ4v) is 2.43. The highest BCUT2D eigenvalue weighted by molar-refractivity contribution is 7.98. The molecule has 0 N–H and O–H groups in total. The Bertz CT molecular complexity index is 560. The van der Waals surface area contributed by atoms with Crippen LogP contribution in [0.25, 0.3) is 0 Å². The molecule has 6 heteroatoms. The van der Waals surface area contributed by atoms with Crippen LogP contribution in [0.4, 0.5) is 8.78 Å². The van der Waals surface area contributed by atoms with Gasteiger partial charge in [-0.05, 0) is 18.2 Å². The zero-order valence-corrected chi connectivity index (χ0v) is 10.6. The lowest BCUT2D eigenvalue weighted by Gasteiger charge is -2.05. The molecule has 2 rings (SSSR count). The van der Waals surface area contributed by atoms with Crippen molar-refractivity contribution in [2.24, 2.45) is 0 Å². The molecule has 1 aromatic carbocycles. The van der Waals surface area contributed by atoms with Crippen LogP contribution in [-0.4, -0.2) is 0 Å². The summed E-state index contributed by atoms with van der Waals surface area (Å²) >= 11 is 6.68. The number of benzene rings is 1. The van der Waals surface area contributed by atoms with Crippen molar-refractivity contribution in [1.82, 2.24) is 0 Å². The Morgan fingerprint density at radius 1 is 1.17 bits per heavy atom. The van der Waals surface area contributed by atoms with Crippen molar-refractivity contribution < 1.29 is 13.5 Å². The van der Waals surface area contributed by atoms with Crippen LogP contribution in [0.15, 0.2) is 41.6 Å². The second-order valence-electron chi connectivity index (χ2n) is 3.50. The highest BCUT2D eigenvalue weighted by Gasteiger charge is 2.12. The molecule has 0 spiro atoms. The average molecular weight is 288 g/mol. The maximum absolute atomic E-state index is 13.4. The van der Waals surface area contributed by atoms with E-state index in [2.05, 4.69) is 0 Å². The molecule has 0 bridgehead atoms. The lowest BCUT2D eigenvalue weighted by Crippen LogP contribution is -2.28. The van der Waals surface area contributed by atoms with Gasteiger partial charge in [0, 0.05) is 17.4 Å². The topological polar surface area (TPSA) is 26.9 Å². The van der Waals surface area contributed by atoms with Gasteiger partial charge in [0.15, 0.2) is 6.20 Å². The first-order valence-corrected chi connectivity index (χ1v) is 6.38. The molecule has 1 heterocycles. The molecular formula is C12H8ClF2NOS. The summed E-state index contributed by atoms with van der Waals surface area (Å²) in [6, 6.07) is 6.74. The second-order valence-corrected chi connectivity index (χ2v) is 4.93. The first-order chi connectivity index (χ1) is 8.58. The summed E-state index contributed by atoms with van der Waals surface area (Å²) < 4.78 is 27.3. The minimum atomic E-state index is -0.617. The molecule has 0 saturated carbocycles. The SMILES string of the molecule is [O-][n+]1cc(Cl)ccc1SCc1c(F)cccc1F. The number of thioether (sulfide) groups is 1. The van der Waals surface area contributed by atoms with E-state index in [0.717, 1.165) is 11.8 Å². The molecule has 0 radical (unpaired) electrons. The predicted octanol–water partition coefficient (Wildman–Crippen LogP) is 3.54. The lowest BCUT2D eigenvalue weighted by atomic mass is 10.2. The second kappa shape index (κ2) is 5.54. The third-order valence-electron chi connectivity index (χ3n) is 2.27. The van der Waals surface area contributed by atoms with Crippen LogP contribution >= 0.6 is 23.4 Å². The monoisotopic (exact) mass is 287 g/mol. The fourth-order valence-electron chi connectivity index (χ4n) is 1.37. The van der Waals surface area contributed by atoms with Crippen molar-refractivity contribution in [3.8, 4) is 0 Å². The van der Waals surface area contributed by atoms with Gasteiger partial charge in [-0.25, -0.2) is 8.78 Å². The Hall–Kier alpha value is -1.33. The molecule has 0 aliphatic heterocycles. The van der Waals surface area contributed by atoms with Crippen molar-refractivity contribution in [2.75, 3.05) is 0 Å². The Kier molecular flexibility index (Phi) is 4.04. The summed E-state index contributed by atoms with van der Waals surface area (Å²) in [4.78, 5) is 0. The van der Waals surface area contributed by atoms with Crippen LogP contribution in [0.1, 0.15) is 5.56 Å². The van der Waals surface area contributed by atoms with Crippen LogP contribution in [0.2, 0.25) is 5.02 Å². The lowest BCUT2D eigenvalue weighted by molar-refractivity contribution is -0.645. The number of nitrogens with zero attached hydrogens (tertiary/aromatic N) is 1. The van der Waals surface area contributed by atoms with Gasteiger partial charge < -0.3 is 5.21 Å². The molecule has 0 unspecified atom stereocenters. The summed E-state index contributed by atoms with van der Waals surface area (Å²) in [5, 5.41) is 12.1. The number of pyridine rings is 1. The van der Waals surface area contributed by atoms with E-state index >= 15 is 0 Å². The van der Waals surface area contributed by atoms with Crippen molar-refractivity contribution in [2.45, 2.75) is 10.8 Å². The normalized spacial score (nSPS) is 10.6. The van der Waals surface area contributed by atoms with Crippen LogP contribution in [-0.2, 0) is 5.75 Å². The largest absolute Gasteiger partial charge is 0.618 e. The summed E-state index contributed by atoms with van der Waals surface area (Å²) in [6.07, 6.45) is 1.20. The van der Waals surface area contributed by atoms with Crippen molar-refractivity contribution >= 4 is 23.4 Å². The first-order valence-electron chi connectivity index (χ1n) is 5.02. The molecule has 0 amide bonds. The van der Waals surface area contributed by atoms with E-state index in [1.807, 2.05) is 0 Å². The summed E-state index contributed by atoms with van der Waals surface area (Å²) in [6.45, 7) is 0. The maximum atomic E-state index is 13.4. The van der Waals surface area contributed by atoms with E-state index in [1.165, 1.54) is 30.5 Å². The molecule has 18 heavy (non-hydrogen) atoms. The number of rotatable bonds is 3. The van der Waals surface area contributed by atoms with Gasteiger partial charge in [0.05, 0.1) is 0 Å². The smallest absolute Gasteiger partial charge is 0.251 e. The van der Waals surface area contributed by atoms with Gasteiger partial charge in [-0.2, -0.15) is 4.73 Å². The van der Waals surface area contributed by atoms with Crippen LogP contribution in [0, 0.1) is 16.8 Å². The van der Waals surface area contributed by atoms with Crippen molar-refractivity contribution in [1.29, 1.82) is 0 Å². The Morgan fingerprint density at radius 3 is 2.44 bits per heavy atom. The highest BCUT2D eigenvalue weighted by Crippen LogP contribution is 2.24. The van der Waals surface area contributed by atoms with Gasteiger partial charge in [-0.3, -0.25) is 0 Å².